The molecule has 2 nitrogen and oxygen atoms in total. The molecule has 0 unspecified atom stereocenters. The summed E-state index contributed by atoms with van der Waals surface area (Å²) >= 11 is 13.2. The number of hydrogen-bond acceptors (Lipinski definition) is 2. The first kappa shape index (κ1) is 15.7. The normalized spacial score (nSPS) is 10.4. The Balaban J connectivity index is 2.18. The van der Waals surface area contributed by atoms with Crippen molar-refractivity contribution in [2.45, 2.75) is 6.54 Å². The molecule has 0 aromatic heterocycles. The Bertz CT molecular complexity index is 615. The van der Waals surface area contributed by atoms with Gasteiger partial charge < -0.3 is 10.2 Å². The third-order valence-corrected chi connectivity index (χ3v) is 5.09. The number of hydrogen-bond donors (Lipinski definition) is 1. The zero-order chi connectivity index (χ0) is 14.7. The largest absolute Gasteiger partial charge is 0.379 e. The molecule has 2 aromatic rings. The molecule has 20 heavy (non-hydrogen) atoms. The van der Waals surface area contributed by atoms with Gasteiger partial charge in [-0.3, -0.25) is 0 Å². The van der Waals surface area contributed by atoms with Crippen LogP contribution in [0.3, 0.4) is 0 Å². The van der Waals surface area contributed by atoms with E-state index in [9.17, 15) is 0 Å². The van der Waals surface area contributed by atoms with Crippen molar-refractivity contribution >= 4 is 54.8 Å². The average Bonchev–Trinajstić information content (AvgIpc) is 2.39. The van der Waals surface area contributed by atoms with Crippen LogP contribution >= 0.6 is 43.5 Å². The minimum absolute atomic E-state index is 0.743. The van der Waals surface area contributed by atoms with E-state index in [0.29, 0.717) is 0 Å². The maximum atomic E-state index is 6.26. The second kappa shape index (κ2) is 6.83. The predicted molar refractivity (Wildman–Crippen MR) is 94.9 cm³/mol. The average molecular weight is 419 g/mol. The van der Waals surface area contributed by atoms with E-state index in [1.807, 2.05) is 43.3 Å². The first-order chi connectivity index (χ1) is 9.49. The van der Waals surface area contributed by atoms with Crippen LogP contribution in [0, 0.1) is 0 Å². The fraction of sp³-hybridized carbons (Fsp3) is 0.200. The van der Waals surface area contributed by atoms with Crippen molar-refractivity contribution in [3.05, 3.63) is 55.9 Å². The molecule has 0 aliphatic carbocycles. The van der Waals surface area contributed by atoms with Crippen molar-refractivity contribution in [2.24, 2.45) is 0 Å². The molecule has 0 bridgehead atoms. The van der Waals surface area contributed by atoms with Crippen LogP contribution in [0.25, 0.3) is 0 Å². The lowest BCUT2D eigenvalue weighted by Crippen LogP contribution is -2.12. The van der Waals surface area contributed by atoms with Gasteiger partial charge in [-0.2, -0.15) is 0 Å². The van der Waals surface area contributed by atoms with Crippen molar-refractivity contribution in [1.82, 2.24) is 0 Å². The van der Waals surface area contributed by atoms with E-state index < -0.39 is 0 Å². The van der Waals surface area contributed by atoms with E-state index in [1.165, 1.54) is 5.56 Å². The number of anilines is 2. The van der Waals surface area contributed by atoms with E-state index in [-0.39, 0.29) is 0 Å². The Hall–Kier alpha value is -0.710. The first-order valence-corrected chi connectivity index (χ1v) is 8.09. The van der Waals surface area contributed by atoms with Gasteiger partial charge in [-0.15, -0.1) is 0 Å². The molecule has 0 atom stereocenters. The van der Waals surface area contributed by atoms with E-state index in [4.69, 9.17) is 11.6 Å². The molecule has 0 saturated carbocycles. The van der Waals surface area contributed by atoms with Crippen molar-refractivity contribution in [2.75, 3.05) is 24.3 Å². The molecule has 0 spiro atoms. The highest BCUT2D eigenvalue weighted by molar-refractivity contribution is 9.13. The van der Waals surface area contributed by atoms with Crippen LogP contribution in [-0.2, 0) is 6.54 Å². The minimum atomic E-state index is 0.743. The Morgan fingerprint density at radius 3 is 2.50 bits per heavy atom. The highest BCUT2D eigenvalue weighted by atomic mass is 79.9. The summed E-state index contributed by atoms with van der Waals surface area (Å²) in [4.78, 5) is 2.02. The topological polar surface area (TPSA) is 15.3 Å². The van der Waals surface area contributed by atoms with Gasteiger partial charge >= 0.3 is 0 Å². The number of benzene rings is 2. The molecular formula is C15H15Br2ClN2. The lowest BCUT2D eigenvalue weighted by molar-refractivity contribution is 1.10. The molecule has 0 aliphatic heterocycles. The summed E-state index contributed by atoms with van der Waals surface area (Å²) in [5.74, 6) is 0. The summed E-state index contributed by atoms with van der Waals surface area (Å²) in [6.07, 6.45) is 0. The fourth-order valence-corrected chi connectivity index (χ4v) is 2.98. The zero-order valence-electron chi connectivity index (χ0n) is 11.3. The van der Waals surface area contributed by atoms with Crippen molar-refractivity contribution < 1.29 is 0 Å². The monoisotopic (exact) mass is 416 g/mol. The molecule has 5 heteroatoms. The molecule has 0 heterocycles. The summed E-state index contributed by atoms with van der Waals surface area (Å²) in [7, 11) is 3.98. The number of halogens is 3. The molecule has 2 rings (SSSR count). The molecule has 0 amide bonds. The maximum Gasteiger partial charge on any atom is 0.0786 e. The van der Waals surface area contributed by atoms with Crippen molar-refractivity contribution in [1.29, 1.82) is 0 Å². The van der Waals surface area contributed by atoms with E-state index in [0.717, 1.165) is 31.9 Å². The van der Waals surface area contributed by atoms with Crippen LogP contribution in [-0.4, -0.2) is 14.1 Å². The Kier molecular flexibility index (Phi) is 5.35. The molecule has 2 aromatic carbocycles. The SMILES string of the molecule is CN(C)c1c(Cl)cccc1NCc1ccc(Br)c(Br)c1. The van der Waals surface area contributed by atoms with Crippen LogP contribution in [0.2, 0.25) is 5.02 Å². The van der Waals surface area contributed by atoms with Gasteiger partial charge in [-0.05, 0) is 61.7 Å². The molecule has 0 fully saturated rings. The Morgan fingerprint density at radius 2 is 1.85 bits per heavy atom. The van der Waals surface area contributed by atoms with Gasteiger partial charge in [0.1, 0.15) is 0 Å². The summed E-state index contributed by atoms with van der Waals surface area (Å²) < 4.78 is 2.11. The first-order valence-electron chi connectivity index (χ1n) is 6.12. The maximum absolute atomic E-state index is 6.26. The van der Waals surface area contributed by atoms with Crippen LogP contribution in [0.5, 0.6) is 0 Å². The van der Waals surface area contributed by atoms with Crippen molar-refractivity contribution in [3.63, 3.8) is 0 Å². The van der Waals surface area contributed by atoms with Gasteiger partial charge in [-0.25, -0.2) is 0 Å². The zero-order valence-corrected chi connectivity index (χ0v) is 15.2. The van der Waals surface area contributed by atoms with Crippen LogP contribution < -0.4 is 10.2 Å². The van der Waals surface area contributed by atoms with E-state index in [1.54, 1.807) is 0 Å². The van der Waals surface area contributed by atoms with Gasteiger partial charge in [0.15, 0.2) is 0 Å². The van der Waals surface area contributed by atoms with Gasteiger partial charge in [-0.1, -0.05) is 23.7 Å². The molecule has 106 valence electrons. The molecule has 0 aliphatic rings. The summed E-state index contributed by atoms with van der Waals surface area (Å²) in [5, 5.41) is 4.18. The Morgan fingerprint density at radius 1 is 1.10 bits per heavy atom. The van der Waals surface area contributed by atoms with Crippen LogP contribution in [0.15, 0.2) is 45.3 Å². The highest BCUT2D eigenvalue weighted by Gasteiger charge is 2.08. The fourth-order valence-electron chi connectivity index (χ4n) is 1.96. The van der Waals surface area contributed by atoms with Crippen molar-refractivity contribution in [3.8, 4) is 0 Å². The molecular weight excluding hydrogens is 403 g/mol. The second-order valence-corrected chi connectivity index (χ2v) is 6.75. The number of nitrogens with one attached hydrogen (secondary N) is 1. The van der Waals surface area contributed by atoms with E-state index in [2.05, 4.69) is 49.3 Å². The predicted octanol–water partition coefficient (Wildman–Crippen LogP) is 5.54. The lowest BCUT2D eigenvalue weighted by atomic mass is 10.2. The minimum Gasteiger partial charge on any atom is -0.379 e. The summed E-state index contributed by atoms with van der Waals surface area (Å²) in [5.41, 5.74) is 3.23. The molecule has 0 saturated heterocycles. The van der Waals surface area contributed by atoms with E-state index >= 15 is 0 Å². The third kappa shape index (κ3) is 3.68. The quantitative estimate of drug-likeness (QED) is 0.701. The Labute approximate surface area is 141 Å². The van der Waals surface area contributed by atoms with Gasteiger partial charge in [0.25, 0.3) is 0 Å². The third-order valence-electron chi connectivity index (χ3n) is 2.90. The van der Waals surface area contributed by atoms with Gasteiger partial charge in [0.2, 0.25) is 0 Å². The lowest BCUT2D eigenvalue weighted by Gasteiger charge is -2.20. The number of nitrogens with zero attached hydrogens (tertiary/aromatic N) is 1. The summed E-state index contributed by atoms with van der Waals surface area (Å²) in [6, 6.07) is 12.1. The molecule has 0 radical (unpaired) electrons. The summed E-state index contributed by atoms with van der Waals surface area (Å²) in [6.45, 7) is 0.743. The van der Waals surface area contributed by atoms with Crippen LogP contribution in [0.1, 0.15) is 5.56 Å². The second-order valence-electron chi connectivity index (χ2n) is 4.63. The van der Waals surface area contributed by atoms with Gasteiger partial charge in [0.05, 0.1) is 16.4 Å². The van der Waals surface area contributed by atoms with Gasteiger partial charge in [0, 0.05) is 29.6 Å². The van der Waals surface area contributed by atoms with Crippen LogP contribution in [0.4, 0.5) is 11.4 Å². The highest BCUT2D eigenvalue weighted by Crippen LogP contribution is 2.33. The molecule has 1 N–H and O–H groups in total. The number of para-hydroxylation sites is 1. The smallest absolute Gasteiger partial charge is 0.0786 e. The number of rotatable bonds is 4. The standard InChI is InChI=1S/C15H15Br2ClN2/c1-20(2)15-13(18)4-3-5-14(15)19-9-10-6-7-11(16)12(17)8-10/h3-8,19H,9H2,1-2H3.